The van der Waals surface area contributed by atoms with E-state index in [1.165, 1.54) is 19.2 Å². The lowest BCUT2D eigenvalue weighted by Crippen LogP contribution is -1.86. The van der Waals surface area contributed by atoms with Crippen LogP contribution >= 0.6 is 0 Å². The van der Waals surface area contributed by atoms with Crippen molar-refractivity contribution < 1.29 is 14.3 Å². The molecule has 15 heavy (non-hydrogen) atoms. The highest BCUT2D eigenvalue weighted by molar-refractivity contribution is 5.91. The summed E-state index contributed by atoms with van der Waals surface area (Å²) in [4.78, 5) is 14.9. The van der Waals surface area contributed by atoms with E-state index < -0.39 is 0 Å². The highest BCUT2D eigenvalue weighted by Gasteiger charge is 2.12. The first-order valence-electron chi connectivity index (χ1n) is 4.43. The first-order chi connectivity index (χ1) is 7.18. The van der Waals surface area contributed by atoms with Gasteiger partial charge in [0.05, 0.1) is 11.8 Å². The quantitative estimate of drug-likeness (QED) is 0.760. The molecule has 0 fully saturated rings. The molecule has 0 unspecified atom stereocenters. The standard InChI is InChI=1S/C11H9NO3/c1-7(13)10-6-12-11(15-10)8-4-2-3-5-9(8)14/h2-6,14H,1H3. The van der Waals surface area contributed by atoms with Crippen LogP contribution < -0.4 is 0 Å². The summed E-state index contributed by atoms with van der Waals surface area (Å²) >= 11 is 0. The predicted octanol–water partition coefficient (Wildman–Crippen LogP) is 2.25. The number of hydrogen-bond acceptors (Lipinski definition) is 4. The first-order valence-corrected chi connectivity index (χ1v) is 4.43. The highest BCUT2D eigenvalue weighted by atomic mass is 16.4. The molecule has 0 aliphatic carbocycles. The molecule has 1 aromatic carbocycles. The van der Waals surface area contributed by atoms with E-state index in [9.17, 15) is 9.90 Å². The number of hydrogen-bond donors (Lipinski definition) is 1. The number of ketones is 1. The monoisotopic (exact) mass is 203 g/mol. The Balaban J connectivity index is 2.46. The zero-order valence-electron chi connectivity index (χ0n) is 8.10. The molecule has 0 atom stereocenters. The SMILES string of the molecule is CC(=O)c1cnc(-c2ccccc2O)o1. The summed E-state index contributed by atoms with van der Waals surface area (Å²) in [5.41, 5.74) is 0.477. The van der Waals surface area contributed by atoms with Crippen molar-refractivity contribution in [2.75, 3.05) is 0 Å². The van der Waals surface area contributed by atoms with E-state index in [2.05, 4.69) is 4.98 Å². The van der Waals surface area contributed by atoms with Crippen molar-refractivity contribution in [1.29, 1.82) is 0 Å². The summed E-state index contributed by atoms with van der Waals surface area (Å²) < 4.78 is 5.19. The van der Waals surface area contributed by atoms with E-state index in [1.54, 1.807) is 18.2 Å². The van der Waals surface area contributed by atoms with Crippen molar-refractivity contribution in [2.24, 2.45) is 0 Å². The third-order valence-electron chi connectivity index (χ3n) is 1.99. The van der Waals surface area contributed by atoms with Gasteiger partial charge in [-0.15, -0.1) is 0 Å². The van der Waals surface area contributed by atoms with Crippen molar-refractivity contribution in [3.63, 3.8) is 0 Å². The number of benzene rings is 1. The average Bonchev–Trinajstić information content (AvgIpc) is 2.67. The normalized spacial score (nSPS) is 10.2. The summed E-state index contributed by atoms with van der Waals surface area (Å²) in [5, 5.41) is 9.53. The van der Waals surface area contributed by atoms with Gasteiger partial charge in [0.15, 0.2) is 11.5 Å². The zero-order chi connectivity index (χ0) is 10.8. The highest BCUT2D eigenvalue weighted by Crippen LogP contribution is 2.27. The minimum absolute atomic E-state index is 0.0782. The predicted molar refractivity (Wildman–Crippen MR) is 53.6 cm³/mol. The minimum Gasteiger partial charge on any atom is -0.507 e. The van der Waals surface area contributed by atoms with Gasteiger partial charge in [-0.3, -0.25) is 4.79 Å². The number of aromatic nitrogens is 1. The van der Waals surface area contributed by atoms with E-state index >= 15 is 0 Å². The Morgan fingerprint density at radius 2 is 2.13 bits per heavy atom. The van der Waals surface area contributed by atoms with Gasteiger partial charge in [-0.2, -0.15) is 0 Å². The lowest BCUT2D eigenvalue weighted by atomic mass is 10.2. The molecule has 1 N–H and O–H groups in total. The summed E-state index contributed by atoms with van der Waals surface area (Å²) in [6.07, 6.45) is 1.35. The van der Waals surface area contributed by atoms with Crippen LogP contribution in [-0.4, -0.2) is 15.9 Å². The Labute approximate surface area is 86.2 Å². The molecule has 0 radical (unpaired) electrons. The van der Waals surface area contributed by atoms with Crippen molar-refractivity contribution in [3.05, 3.63) is 36.2 Å². The third kappa shape index (κ3) is 1.74. The Bertz CT molecular complexity index is 502. The van der Waals surface area contributed by atoms with Crippen LogP contribution in [0.15, 0.2) is 34.9 Å². The Kier molecular flexibility index (Phi) is 2.25. The van der Waals surface area contributed by atoms with Crippen LogP contribution in [0.4, 0.5) is 0 Å². The second-order valence-electron chi connectivity index (χ2n) is 3.10. The van der Waals surface area contributed by atoms with Crippen molar-refractivity contribution in [2.45, 2.75) is 6.92 Å². The second-order valence-corrected chi connectivity index (χ2v) is 3.10. The number of nitrogens with zero attached hydrogens (tertiary/aromatic N) is 1. The number of phenols is 1. The van der Waals surface area contributed by atoms with Crippen LogP contribution in [-0.2, 0) is 0 Å². The maximum atomic E-state index is 11.0. The number of para-hydroxylation sites is 1. The van der Waals surface area contributed by atoms with Crippen LogP contribution in [0, 0.1) is 0 Å². The Morgan fingerprint density at radius 3 is 2.73 bits per heavy atom. The molecule has 2 aromatic rings. The van der Waals surface area contributed by atoms with Gasteiger partial charge in [0.1, 0.15) is 5.75 Å². The largest absolute Gasteiger partial charge is 0.507 e. The van der Waals surface area contributed by atoms with Crippen molar-refractivity contribution >= 4 is 5.78 Å². The molecule has 4 heteroatoms. The number of rotatable bonds is 2. The fourth-order valence-corrected chi connectivity index (χ4v) is 1.22. The van der Waals surface area contributed by atoms with E-state index in [1.807, 2.05) is 0 Å². The van der Waals surface area contributed by atoms with E-state index in [0.29, 0.717) is 5.56 Å². The van der Waals surface area contributed by atoms with Gasteiger partial charge in [0.25, 0.3) is 0 Å². The summed E-state index contributed by atoms with van der Waals surface area (Å²) in [5.74, 6) is 0.324. The second kappa shape index (κ2) is 3.57. The number of phenolic OH excluding ortho intramolecular Hbond substituents is 1. The molecule has 76 valence electrons. The molecule has 0 saturated carbocycles. The lowest BCUT2D eigenvalue weighted by molar-refractivity contribution is 0.0988. The van der Waals surface area contributed by atoms with Gasteiger partial charge < -0.3 is 9.52 Å². The van der Waals surface area contributed by atoms with Crippen molar-refractivity contribution in [1.82, 2.24) is 4.98 Å². The molecular formula is C11H9NO3. The van der Waals surface area contributed by atoms with E-state index in [0.717, 1.165) is 0 Å². The molecular weight excluding hydrogens is 194 g/mol. The summed E-state index contributed by atoms with van der Waals surface area (Å²) in [7, 11) is 0. The number of carbonyl (C=O) groups excluding carboxylic acids is 1. The number of Topliss-reactive ketones (excluding diaryl/α,β-unsaturated/α-hetero) is 1. The van der Waals surface area contributed by atoms with Crippen molar-refractivity contribution in [3.8, 4) is 17.2 Å². The van der Waals surface area contributed by atoms with Crippen LogP contribution in [0.2, 0.25) is 0 Å². The maximum absolute atomic E-state index is 11.0. The fraction of sp³-hybridized carbons (Fsp3) is 0.0909. The molecule has 0 saturated heterocycles. The maximum Gasteiger partial charge on any atom is 0.230 e. The Hall–Kier alpha value is -2.10. The molecule has 0 aliphatic heterocycles. The number of carbonyl (C=O) groups is 1. The molecule has 1 aromatic heterocycles. The average molecular weight is 203 g/mol. The molecule has 0 spiro atoms. The van der Waals surface area contributed by atoms with Crippen LogP contribution in [0.25, 0.3) is 11.5 Å². The molecule has 2 rings (SSSR count). The number of aromatic hydroxyl groups is 1. The first kappa shape index (κ1) is 9.45. The van der Waals surface area contributed by atoms with E-state index in [-0.39, 0.29) is 23.2 Å². The van der Waals surface area contributed by atoms with Gasteiger partial charge in [-0.05, 0) is 12.1 Å². The third-order valence-corrected chi connectivity index (χ3v) is 1.99. The van der Waals surface area contributed by atoms with E-state index in [4.69, 9.17) is 4.42 Å². The lowest BCUT2D eigenvalue weighted by Gasteiger charge is -1.97. The van der Waals surface area contributed by atoms with Crippen LogP contribution in [0.1, 0.15) is 17.5 Å². The minimum atomic E-state index is -0.191. The smallest absolute Gasteiger partial charge is 0.230 e. The molecule has 4 nitrogen and oxygen atoms in total. The summed E-state index contributed by atoms with van der Waals surface area (Å²) in [6, 6.07) is 6.67. The molecule has 0 aliphatic rings. The number of oxazole rings is 1. The summed E-state index contributed by atoms with van der Waals surface area (Å²) in [6.45, 7) is 1.40. The Morgan fingerprint density at radius 1 is 1.40 bits per heavy atom. The van der Waals surface area contributed by atoms with Gasteiger partial charge in [0.2, 0.25) is 5.89 Å². The van der Waals surface area contributed by atoms with Gasteiger partial charge in [-0.1, -0.05) is 12.1 Å². The molecule has 0 bridgehead atoms. The van der Waals surface area contributed by atoms with Crippen LogP contribution in [0.3, 0.4) is 0 Å². The van der Waals surface area contributed by atoms with Gasteiger partial charge >= 0.3 is 0 Å². The van der Waals surface area contributed by atoms with Gasteiger partial charge in [0, 0.05) is 6.92 Å². The van der Waals surface area contributed by atoms with Crippen LogP contribution in [0.5, 0.6) is 5.75 Å². The molecule has 0 amide bonds. The topological polar surface area (TPSA) is 63.3 Å². The zero-order valence-corrected chi connectivity index (χ0v) is 8.10. The fourth-order valence-electron chi connectivity index (χ4n) is 1.22. The van der Waals surface area contributed by atoms with Gasteiger partial charge in [-0.25, -0.2) is 4.98 Å². The molecule has 1 heterocycles.